The van der Waals surface area contributed by atoms with Gasteiger partial charge in [-0.3, -0.25) is 4.79 Å². The quantitative estimate of drug-likeness (QED) is 0.712. The van der Waals surface area contributed by atoms with Crippen LogP contribution in [0.15, 0.2) is 24.3 Å². The molecule has 2 aromatic rings. The lowest BCUT2D eigenvalue weighted by Gasteiger charge is -2.29. The van der Waals surface area contributed by atoms with Gasteiger partial charge in [0, 0.05) is 57.9 Å². The lowest BCUT2D eigenvalue weighted by atomic mass is 10.0. The van der Waals surface area contributed by atoms with Crippen molar-refractivity contribution in [3.63, 3.8) is 0 Å². The van der Waals surface area contributed by atoms with Gasteiger partial charge < -0.3 is 24.8 Å². The number of carbonyl (C=O) groups is 1. The maximum atomic E-state index is 13.2. The fourth-order valence-corrected chi connectivity index (χ4v) is 4.64. The molecule has 1 aromatic carbocycles. The SMILES string of the molecule is CNc1nc([C@@H]2CCCN2C(=O)CCN(C)c2ccc(OC)cc2)nc2c1CCN(C)C2. The lowest BCUT2D eigenvalue weighted by molar-refractivity contribution is -0.132. The van der Waals surface area contributed by atoms with Gasteiger partial charge in [-0.15, -0.1) is 0 Å². The molecule has 1 fully saturated rings. The van der Waals surface area contributed by atoms with E-state index in [9.17, 15) is 4.79 Å². The van der Waals surface area contributed by atoms with Crippen molar-refractivity contribution >= 4 is 17.4 Å². The van der Waals surface area contributed by atoms with Crippen molar-refractivity contribution in [2.45, 2.75) is 38.3 Å². The average molecular weight is 439 g/mol. The van der Waals surface area contributed by atoms with Gasteiger partial charge in [0.15, 0.2) is 5.82 Å². The Morgan fingerprint density at radius 1 is 1.25 bits per heavy atom. The molecule has 1 N–H and O–H groups in total. The Morgan fingerprint density at radius 2 is 2.03 bits per heavy atom. The number of carbonyl (C=O) groups excluding carboxylic acids is 1. The molecular formula is C24H34N6O2. The lowest BCUT2D eigenvalue weighted by Crippen LogP contribution is -2.35. The number of hydrogen-bond donors (Lipinski definition) is 1. The first-order valence-electron chi connectivity index (χ1n) is 11.4. The molecule has 1 atom stereocenters. The number of rotatable bonds is 7. The van der Waals surface area contributed by atoms with Crippen molar-refractivity contribution in [2.75, 3.05) is 58.1 Å². The number of likely N-dealkylation sites (tertiary alicyclic amines) is 1. The zero-order valence-corrected chi connectivity index (χ0v) is 19.6. The second kappa shape index (κ2) is 9.73. The summed E-state index contributed by atoms with van der Waals surface area (Å²) in [6.07, 6.45) is 3.32. The van der Waals surface area contributed by atoms with E-state index in [4.69, 9.17) is 14.7 Å². The summed E-state index contributed by atoms with van der Waals surface area (Å²) in [7, 11) is 7.71. The number of anilines is 2. The molecule has 0 saturated carbocycles. The summed E-state index contributed by atoms with van der Waals surface area (Å²) in [5.74, 6) is 2.68. The van der Waals surface area contributed by atoms with Crippen molar-refractivity contribution in [3.05, 3.63) is 41.3 Å². The number of aromatic nitrogens is 2. The first-order chi connectivity index (χ1) is 15.5. The summed E-state index contributed by atoms with van der Waals surface area (Å²) in [5, 5.41) is 3.26. The van der Waals surface area contributed by atoms with Crippen LogP contribution in [0.3, 0.4) is 0 Å². The van der Waals surface area contributed by atoms with Crippen LogP contribution in [-0.4, -0.2) is 73.6 Å². The van der Waals surface area contributed by atoms with Crippen LogP contribution in [0.5, 0.6) is 5.75 Å². The summed E-state index contributed by atoms with van der Waals surface area (Å²) in [6, 6.07) is 7.86. The highest BCUT2D eigenvalue weighted by Crippen LogP contribution is 2.33. The number of ether oxygens (including phenoxy) is 1. The van der Waals surface area contributed by atoms with Gasteiger partial charge in [0.1, 0.15) is 11.6 Å². The van der Waals surface area contributed by atoms with Gasteiger partial charge in [0.25, 0.3) is 0 Å². The molecule has 0 bridgehead atoms. The van der Waals surface area contributed by atoms with Crippen LogP contribution in [0.2, 0.25) is 0 Å². The smallest absolute Gasteiger partial charge is 0.224 e. The second-order valence-corrected chi connectivity index (χ2v) is 8.71. The normalized spacial score (nSPS) is 18.4. The Labute approximate surface area is 190 Å². The second-order valence-electron chi connectivity index (χ2n) is 8.71. The van der Waals surface area contributed by atoms with Crippen LogP contribution in [0.25, 0.3) is 0 Å². The van der Waals surface area contributed by atoms with Gasteiger partial charge in [0.2, 0.25) is 5.91 Å². The van der Waals surface area contributed by atoms with Gasteiger partial charge >= 0.3 is 0 Å². The number of fused-ring (bicyclic) bond motifs is 1. The van der Waals surface area contributed by atoms with Gasteiger partial charge in [-0.2, -0.15) is 0 Å². The Kier molecular flexibility index (Phi) is 6.79. The number of nitrogens with zero attached hydrogens (tertiary/aromatic N) is 5. The summed E-state index contributed by atoms with van der Waals surface area (Å²) in [6.45, 7) is 3.27. The van der Waals surface area contributed by atoms with Crippen LogP contribution in [-0.2, 0) is 17.8 Å². The average Bonchev–Trinajstić information content (AvgIpc) is 3.31. The maximum Gasteiger partial charge on any atom is 0.224 e. The van der Waals surface area contributed by atoms with E-state index in [-0.39, 0.29) is 11.9 Å². The van der Waals surface area contributed by atoms with E-state index in [1.54, 1.807) is 7.11 Å². The third-order valence-corrected chi connectivity index (χ3v) is 6.56. The van der Waals surface area contributed by atoms with Crippen molar-refractivity contribution in [3.8, 4) is 5.75 Å². The number of likely N-dealkylation sites (N-methyl/N-ethyl adjacent to an activating group) is 1. The molecule has 1 aromatic heterocycles. The molecule has 2 aliphatic rings. The van der Waals surface area contributed by atoms with Crippen LogP contribution < -0.4 is 15.0 Å². The number of amides is 1. The summed E-state index contributed by atoms with van der Waals surface area (Å²) >= 11 is 0. The predicted molar refractivity (Wildman–Crippen MR) is 126 cm³/mol. The monoisotopic (exact) mass is 438 g/mol. The fourth-order valence-electron chi connectivity index (χ4n) is 4.64. The first-order valence-corrected chi connectivity index (χ1v) is 11.4. The number of nitrogens with one attached hydrogen (secondary N) is 1. The highest BCUT2D eigenvalue weighted by molar-refractivity contribution is 5.77. The maximum absolute atomic E-state index is 13.2. The molecule has 4 rings (SSSR count). The third kappa shape index (κ3) is 4.65. The molecule has 8 nitrogen and oxygen atoms in total. The summed E-state index contributed by atoms with van der Waals surface area (Å²) in [4.78, 5) is 29.3. The Hall–Kier alpha value is -2.87. The number of hydrogen-bond acceptors (Lipinski definition) is 7. The van der Waals surface area contributed by atoms with Crippen molar-refractivity contribution < 1.29 is 9.53 Å². The third-order valence-electron chi connectivity index (χ3n) is 6.56. The van der Waals surface area contributed by atoms with Gasteiger partial charge in [-0.25, -0.2) is 9.97 Å². The van der Waals surface area contributed by atoms with E-state index >= 15 is 0 Å². The molecule has 32 heavy (non-hydrogen) atoms. The van der Waals surface area contributed by atoms with Crippen molar-refractivity contribution in [1.29, 1.82) is 0 Å². The van der Waals surface area contributed by atoms with E-state index in [1.165, 1.54) is 5.56 Å². The molecule has 172 valence electrons. The molecular weight excluding hydrogens is 404 g/mol. The topological polar surface area (TPSA) is 73.8 Å². The molecule has 1 amide bonds. The fraction of sp³-hybridized carbons (Fsp3) is 0.542. The van der Waals surface area contributed by atoms with E-state index in [2.05, 4.69) is 22.2 Å². The standard InChI is InChI=1S/C24H34N6O2/c1-25-23-19-11-14-28(2)16-20(19)26-24(27-23)21-6-5-13-30(21)22(31)12-15-29(3)17-7-9-18(32-4)10-8-17/h7-10,21H,5-6,11-16H2,1-4H3,(H,25,26,27)/t21-/m0/s1. The number of methoxy groups -OCH3 is 1. The minimum atomic E-state index is -0.0431. The minimum absolute atomic E-state index is 0.0431. The molecule has 0 unspecified atom stereocenters. The largest absolute Gasteiger partial charge is 0.497 e. The Balaban J connectivity index is 1.45. The molecule has 2 aliphatic heterocycles. The van der Waals surface area contributed by atoms with Crippen molar-refractivity contribution in [2.24, 2.45) is 0 Å². The van der Waals surface area contributed by atoms with Gasteiger partial charge in [-0.05, 0) is 50.6 Å². The first kappa shape index (κ1) is 22.3. The highest BCUT2D eigenvalue weighted by atomic mass is 16.5. The highest BCUT2D eigenvalue weighted by Gasteiger charge is 2.33. The zero-order valence-electron chi connectivity index (χ0n) is 19.6. The van der Waals surface area contributed by atoms with E-state index in [1.807, 2.05) is 43.3 Å². The van der Waals surface area contributed by atoms with E-state index in [0.717, 1.165) is 67.7 Å². The Morgan fingerprint density at radius 3 is 2.75 bits per heavy atom. The van der Waals surface area contributed by atoms with Crippen LogP contribution in [0.1, 0.15) is 42.4 Å². The molecule has 0 spiro atoms. The van der Waals surface area contributed by atoms with E-state index in [0.29, 0.717) is 13.0 Å². The summed E-state index contributed by atoms with van der Waals surface area (Å²) in [5.41, 5.74) is 3.37. The molecule has 1 saturated heterocycles. The van der Waals surface area contributed by atoms with Crippen LogP contribution in [0.4, 0.5) is 11.5 Å². The predicted octanol–water partition coefficient (Wildman–Crippen LogP) is 2.70. The molecule has 8 heteroatoms. The van der Waals surface area contributed by atoms with Gasteiger partial charge in [0.05, 0.1) is 18.8 Å². The van der Waals surface area contributed by atoms with E-state index < -0.39 is 0 Å². The van der Waals surface area contributed by atoms with Crippen molar-refractivity contribution in [1.82, 2.24) is 19.8 Å². The van der Waals surface area contributed by atoms with Crippen LogP contribution >= 0.6 is 0 Å². The van der Waals surface area contributed by atoms with Gasteiger partial charge in [-0.1, -0.05) is 0 Å². The molecule has 3 heterocycles. The van der Waals surface area contributed by atoms with Crippen LogP contribution in [0, 0.1) is 0 Å². The number of benzene rings is 1. The summed E-state index contributed by atoms with van der Waals surface area (Å²) < 4.78 is 5.23. The minimum Gasteiger partial charge on any atom is -0.497 e. The zero-order chi connectivity index (χ0) is 22.7. The Bertz CT molecular complexity index is 948. The molecule has 0 radical (unpaired) electrons. The molecule has 0 aliphatic carbocycles.